The fourth-order valence-electron chi connectivity index (χ4n) is 2.93. The van der Waals surface area contributed by atoms with Gasteiger partial charge >= 0.3 is 5.97 Å². The minimum Gasteiger partial charge on any atom is -0.480 e. The number of hydrogen-bond acceptors (Lipinski definition) is 4. The predicted molar refractivity (Wildman–Crippen MR) is 97.6 cm³/mol. The molecular weight excluding hydrogens is 318 g/mol. The molecule has 0 aliphatic carbocycles. The number of carbonyl (C=O) groups excluding carboxylic acids is 1. The minimum atomic E-state index is -0.978. The lowest BCUT2D eigenvalue weighted by molar-refractivity contribution is -0.139. The van der Waals surface area contributed by atoms with Crippen molar-refractivity contribution in [3.05, 3.63) is 35.4 Å². The Balaban J connectivity index is 1.89. The van der Waals surface area contributed by atoms with Crippen LogP contribution in [0.1, 0.15) is 42.1 Å². The largest absolute Gasteiger partial charge is 0.480 e. The summed E-state index contributed by atoms with van der Waals surface area (Å²) in [4.78, 5) is 28.2. The van der Waals surface area contributed by atoms with E-state index in [-0.39, 0.29) is 5.91 Å². The summed E-state index contributed by atoms with van der Waals surface area (Å²) in [5.74, 6) is -1.30. The smallest absolute Gasteiger partial charge is 0.326 e. The minimum absolute atomic E-state index is 0.324. The number of nitrogens with zero attached hydrogens (tertiary/aromatic N) is 2. The normalized spacial score (nSPS) is 17.2. The van der Waals surface area contributed by atoms with E-state index >= 15 is 0 Å². The standard InChI is InChI=1S/C19H29N3O3/c1-3-4-5-17(19(24)25)20-18(23)16-8-6-15(7-9-16)14-22-12-10-21(2)11-13-22/h6-9,17H,3-5,10-14H2,1-2H3,(H,20,23)(H,24,25)/t17-/m0/s1. The number of aliphatic carboxylic acids is 1. The molecule has 0 unspecified atom stereocenters. The maximum atomic E-state index is 12.3. The molecule has 1 aromatic rings. The van der Waals surface area contributed by atoms with E-state index in [1.54, 1.807) is 12.1 Å². The van der Waals surface area contributed by atoms with Crippen LogP contribution in [0.15, 0.2) is 24.3 Å². The lowest BCUT2D eigenvalue weighted by Crippen LogP contribution is -2.43. The zero-order valence-electron chi connectivity index (χ0n) is 15.2. The van der Waals surface area contributed by atoms with Crippen LogP contribution in [0.3, 0.4) is 0 Å². The van der Waals surface area contributed by atoms with E-state index in [1.807, 2.05) is 19.1 Å². The number of hydrogen-bond donors (Lipinski definition) is 2. The van der Waals surface area contributed by atoms with Crippen molar-refractivity contribution in [2.75, 3.05) is 33.2 Å². The Morgan fingerprint density at radius 2 is 1.80 bits per heavy atom. The molecule has 1 fully saturated rings. The van der Waals surface area contributed by atoms with Crippen molar-refractivity contribution in [3.63, 3.8) is 0 Å². The van der Waals surface area contributed by atoms with Gasteiger partial charge in [-0.2, -0.15) is 0 Å². The Bertz CT molecular complexity index is 566. The van der Waals surface area contributed by atoms with Crippen LogP contribution >= 0.6 is 0 Å². The zero-order chi connectivity index (χ0) is 18.2. The van der Waals surface area contributed by atoms with Crippen LogP contribution in [0.25, 0.3) is 0 Å². The number of unbranched alkanes of at least 4 members (excludes halogenated alkanes) is 1. The Hall–Kier alpha value is -1.92. The molecule has 0 aromatic heterocycles. The van der Waals surface area contributed by atoms with Crippen molar-refractivity contribution in [3.8, 4) is 0 Å². The maximum Gasteiger partial charge on any atom is 0.326 e. The van der Waals surface area contributed by atoms with Crippen LogP contribution in [0.2, 0.25) is 0 Å². The molecule has 0 spiro atoms. The highest BCUT2D eigenvalue weighted by molar-refractivity contribution is 5.96. The first-order valence-corrected chi connectivity index (χ1v) is 9.03. The van der Waals surface area contributed by atoms with Gasteiger partial charge in [-0.15, -0.1) is 0 Å². The molecule has 25 heavy (non-hydrogen) atoms. The summed E-state index contributed by atoms with van der Waals surface area (Å²) in [6.07, 6.45) is 2.14. The van der Waals surface area contributed by atoms with Crippen LogP contribution in [0, 0.1) is 0 Å². The van der Waals surface area contributed by atoms with Crippen molar-refractivity contribution in [2.24, 2.45) is 0 Å². The summed E-state index contributed by atoms with van der Waals surface area (Å²) >= 11 is 0. The predicted octanol–water partition coefficient (Wildman–Crippen LogP) is 1.81. The number of carboxylic acid groups (broad SMARTS) is 1. The number of likely N-dealkylation sites (N-methyl/N-ethyl adjacent to an activating group) is 1. The lowest BCUT2D eigenvalue weighted by Gasteiger charge is -2.32. The summed E-state index contributed by atoms with van der Waals surface area (Å²) < 4.78 is 0. The zero-order valence-corrected chi connectivity index (χ0v) is 15.2. The molecule has 0 radical (unpaired) electrons. The fraction of sp³-hybridized carbons (Fsp3) is 0.579. The Morgan fingerprint density at radius 1 is 1.16 bits per heavy atom. The van der Waals surface area contributed by atoms with Gasteiger partial charge in [-0.05, 0) is 31.2 Å². The summed E-state index contributed by atoms with van der Waals surface area (Å²) in [7, 11) is 2.13. The Morgan fingerprint density at radius 3 is 2.36 bits per heavy atom. The molecule has 1 amide bonds. The van der Waals surface area contributed by atoms with Gasteiger partial charge in [0.2, 0.25) is 0 Å². The number of benzene rings is 1. The van der Waals surface area contributed by atoms with E-state index in [4.69, 9.17) is 0 Å². The highest BCUT2D eigenvalue weighted by atomic mass is 16.4. The average Bonchev–Trinajstić information content (AvgIpc) is 2.60. The second-order valence-corrected chi connectivity index (χ2v) is 6.78. The van der Waals surface area contributed by atoms with Gasteiger partial charge < -0.3 is 15.3 Å². The molecule has 2 rings (SSSR count). The van der Waals surface area contributed by atoms with E-state index in [9.17, 15) is 14.7 Å². The second kappa shape index (κ2) is 9.53. The third kappa shape index (κ3) is 6.14. The molecular formula is C19H29N3O3. The van der Waals surface area contributed by atoms with Gasteiger partial charge in [-0.25, -0.2) is 4.79 Å². The fourth-order valence-corrected chi connectivity index (χ4v) is 2.93. The summed E-state index contributed by atoms with van der Waals surface area (Å²) in [5.41, 5.74) is 1.67. The van der Waals surface area contributed by atoms with Crippen LogP contribution < -0.4 is 5.32 Å². The molecule has 6 nitrogen and oxygen atoms in total. The van der Waals surface area contributed by atoms with Crippen molar-refractivity contribution in [1.29, 1.82) is 0 Å². The second-order valence-electron chi connectivity index (χ2n) is 6.78. The third-order valence-electron chi connectivity index (χ3n) is 4.67. The molecule has 1 heterocycles. The third-order valence-corrected chi connectivity index (χ3v) is 4.67. The van der Waals surface area contributed by atoms with Crippen molar-refractivity contribution < 1.29 is 14.7 Å². The van der Waals surface area contributed by atoms with Crippen LogP contribution in [0.5, 0.6) is 0 Å². The average molecular weight is 347 g/mol. The van der Waals surface area contributed by atoms with Gasteiger partial charge in [-0.1, -0.05) is 31.9 Å². The number of rotatable bonds is 8. The van der Waals surface area contributed by atoms with E-state index in [2.05, 4.69) is 22.2 Å². The number of carboxylic acids is 1. The number of piperazine rings is 1. The number of amides is 1. The SMILES string of the molecule is CCCC[C@H](NC(=O)c1ccc(CN2CCN(C)CC2)cc1)C(=O)O. The highest BCUT2D eigenvalue weighted by Gasteiger charge is 2.20. The van der Waals surface area contributed by atoms with Gasteiger partial charge in [0.15, 0.2) is 0 Å². The first-order chi connectivity index (χ1) is 12.0. The topological polar surface area (TPSA) is 72.9 Å². The van der Waals surface area contributed by atoms with Gasteiger partial charge in [0.1, 0.15) is 6.04 Å². The first kappa shape index (κ1) is 19.4. The molecule has 2 N–H and O–H groups in total. The molecule has 1 aliphatic rings. The number of carbonyl (C=O) groups is 2. The van der Waals surface area contributed by atoms with E-state index in [0.29, 0.717) is 12.0 Å². The van der Waals surface area contributed by atoms with E-state index < -0.39 is 12.0 Å². The van der Waals surface area contributed by atoms with Gasteiger partial charge in [0.05, 0.1) is 0 Å². The van der Waals surface area contributed by atoms with Gasteiger partial charge in [0.25, 0.3) is 5.91 Å². The van der Waals surface area contributed by atoms with E-state index in [0.717, 1.165) is 45.6 Å². The lowest BCUT2D eigenvalue weighted by atomic mass is 10.1. The van der Waals surface area contributed by atoms with E-state index in [1.165, 1.54) is 5.56 Å². The molecule has 138 valence electrons. The molecule has 0 saturated carbocycles. The molecule has 1 aromatic carbocycles. The van der Waals surface area contributed by atoms with Gasteiger partial charge in [-0.3, -0.25) is 9.69 Å². The summed E-state index contributed by atoms with van der Waals surface area (Å²) in [6, 6.07) is 6.64. The highest BCUT2D eigenvalue weighted by Crippen LogP contribution is 2.10. The molecule has 1 atom stereocenters. The van der Waals surface area contributed by atoms with Crippen molar-refractivity contribution in [1.82, 2.24) is 15.1 Å². The van der Waals surface area contributed by atoms with Crippen LogP contribution in [-0.4, -0.2) is 66.1 Å². The summed E-state index contributed by atoms with van der Waals surface area (Å²) in [6.45, 7) is 7.14. The Kier molecular flexibility index (Phi) is 7.40. The monoisotopic (exact) mass is 347 g/mol. The summed E-state index contributed by atoms with van der Waals surface area (Å²) in [5, 5.41) is 11.8. The molecule has 0 bridgehead atoms. The molecule has 1 aliphatic heterocycles. The maximum absolute atomic E-state index is 12.3. The molecule has 6 heteroatoms. The Labute approximate surface area is 149 Å². The first-order valence-electron chi connectivity index (χ1n) is 9.03. The van der Waals surface area contributed by atoms with Gasteiger partial charge in [0, 0.05) is 38.3 Å². The number of nitrogens with one attached hydrogen (secondary N) is 1. The molecule has 1 saturated heterocycles. The quantitative estimate of drug-likeness (QED) is 0.750. The van der Waals surface area contributed by atoms with Crippen LogP contribution in [0.4, 0.5) is 0 Å². The van der Waals surface area contributed by atoms with Crippen molar-refractivity contribution in [2.45, 2.75) is 38.8 Å². The van der Waals surface area contributed by atoms with Crippen LogP contribution in [-0.2, 0) is 11.3 Å². The van der Waals surface area contributed by atoms with Crippen molar-refractivity contribution >= 4 is 11.9 Å².